The standard InChI is InChI=1S/C23H26N5O3P/c24-22(26-16-19-10-4-1-5-11-19)27-23(25)28-32(29,30-17-20-12-6-2-7-13-20)31-18-21-14-8-3-9-15-21/h1-15H,16-18H2,(H5,24,25,26,27,28,29). The second kappa shape index (κ2) is 11.8. The predicted octanol–water partition coefficient (Wildman–Crippen LogP) is 3.95. The Morgan fingerprint density at radius 1 is 0.719 bits per heavy atom. The highest BCUT2D eigenvalue weighted by molar-refractivity contribution is 7.52. The lowest BCUT2D eigenvalue weighted by Gasteiger charge is -2.15. The number of hydrogen-bond acceptors (Lipinski definition) is 4. The van der Waals surface area contributed by atoms with Crippen LogP contribution in [0.15, 0.2) is 101 Å². The molecule has 3 rings (SSSR count). The van der Waals surface area contributed by atoms with Crippen LogP contribution in [0.5, 0.6) is 0 Å². The van der Waals surface area contributed by atoms with Crippen molar-refractivity contribution in [3.05, 3.63) is 108 Å². The summed E-state index contributed by atoms with van der Waals surface area (Å²) in [6.45, 7) is 0.447. The van der Waals surface area contributed by atoms with Crippen LogP contribution in [0.4, 0.5) is 0 Å². The van der Waals surface area contributed by atoms with Gasteiger partial charge in [-0.25, -0.2) is 9.56 Å². The van der Waals surface area contributed by atoms with E-state index in [2.05, 4.69) is 15.1 Å². The fourth-order valence-corrected chi connectivity index (χ4v) is 3.77. The van der Waals surface area contributed by atoms with Gasteiger partial charge in [0.25, 0.3) is 0 Å². The molecule has 0 aromatic heterocycles. The molecule has 0 saturated carbocycles. The van der Waals surface area contributed by atoms with Crippen molar-refractivity contribution >= 4 is 19.7 Å². The number of nitrogens with two attached hydrogens (primary N) is 2. The van der Waals surface area contributed by atoms with Crippen LogP contribution >= 0.6 is 7.75 Å². The monoisotopic (exact) mass is 451 g/mol. The Labute approximate surface area is 187 Å². The predicted molar refractivity (Wildman–Crippen MR) is 127 cm³/mol. The van der Waals surface area contributed by atoms with Gasteiger partial charge in [-0.1, -0.05) is 91.0 Å². The summed E-state index contributed by atoms with van der Waals surface area (Å²) in [6.07, 6.45) is 0. The van der Waals surface area contributed by atoms with E-state index in [1.165, 1.54) is 0 Å². The average Bonchev–Trinajstić information content (AvgIpc) is 2.82. The van der Waals surface area contributed by atoms with E-state index in [9.17, 15) is 4.57 Å². The summed E-state index contributed by atoms with van der Waals surface area (Å²) >= 11 is 0. The fourth-order valence-electron chi connectivity index (χ4n) is 2.64. The highest BCUT2D eigenvalue weighted by atomic mass is 31.2. The Morgan fingerprint density at radius 3 is 1.62 bits per heavy atom. The molecule has 0 amide bonds. The molecule has 0 unspecified atom stereocenters. The zero-order valence-corrected chi connectivity index (χ0v) is 18.4. The van der Waals surface area contributed by atoms with Crippen LogP contribution in [0.25, 0.3) is 0 Å². The summed E-state index contributed by atoms with van der Waals surface area (Å²) in [6, 6.07) is 28.2. The van der Waals surface area contributed by atoms with E-state index in [1.807, 2.05) is 91.0 Å². The Kier molecular flexibility index (Phi) is 8.57. The topological polar surface area (TPSA) is 124 Å². The molecule has 5 N–H and O–H groups in total. The van der Waals surface area contributed by atoms with Crippen molar-refractivity contribution in [2.75, 3.05) is 0 Å². The number of nitrogens with one attached hydrogen (secondary N) is 1. The molecule has 8 nitrogen and oxygen atoms in total. The summed E-state index contributed by atoms with van der Waals surface area (Å²) in [7, 11) is -3.95. The highest BCUT2D eigenvalue weighted by Gasteiger charge is 2.25. The largest absolute Gasteiger partial charge is 0.457 e. The quantitative estimate of drug-likeness (QED) is 0.257. The minimum absolute atomic E-state index is 0.0350. The summed E-state index contributed by atoms with van der Waals surface area (Å²) in [5.74, 6) is -0.184. The molecular formula is C23H26N5O3P. The fraction of sp³-hybridized carbons (Fsp3) is 0.130. The van der Waals surface area contributed by atoms with Crippen molar-refractivity contribution in [1.82, 2.24) is 5.32 Å². The molecule has 0 atom stereocenters. The van der Waals surface area contributed by atoms with Gasteiger partial charge in [-0.05, 0) is 16.7 Å². The minimum atomic E-state index is -3.95. The van der Waals surface area contributed by atoms with Gasteiger partial charge in [-0.2, -0.15) is 0 Å². The Bertz CT molecular complexity index is 1030. The molecule has 0 radical (unpaired) electrons. The summed E-state index contributed by atoms with van der Waals surface area (Å²) in [4.78, 5) is 4.20. The lowest BCUT2D eigenvalue weighted by atomic mass is 10.2. The van der Waals surface area contributed by atoms with E-state index >= 15 is 0 Å². The molecule has 3 aromatic carbocycles. The molecule has 0 saturated heterocycles. The van der Waals surface area contributed by atoms with Gasteiger partial charge in [0.1, 0.15) is 0 Å². The molecule has 0 heterocycles. The molecule has 0 aliphatic carbocycles. The second-order valence-electron chi connectivity index (χ2n) is 6.78. The number of rotatable bonds is 9. The maximum atomic E-state index is 13.3. The molecule has 9 heteroatoms. The summed E-state index contributed by atoms with van der Waals surface area (Å²) in [5, 5.41) is 2.63. The van der Waals surface area contributed by atoms with Gasteiger partial charge in [-0.15, -0.1) is 4.76 Å². The third-order valence-electron chi connectivity index (χ3n) is 4.24. The molecule has 3 aromatic rings. The molecule has 0 aliphatic heterocycles. The maximum Gasteiger partial charge on any atom is 0.457 e. The maximum absolute atomic E-state index is 13.3. The third-order valence-corrected chi connectivity index (χ3v) is 5.61. The van der Waals surface area contributed by atoms with Gasteiger partial charge >= 0.3 is 7.75 Å². The zero-order valence-electron chi connectivity index (χ0n) is 17.5. The first-order valence-electron chi connectivity index (χ1n) is 9.96. The Balaban J connectivity index is 1.68. The first kappa shape index (κ1) is 23.2. The normalized spacial score (nSPS) is 12.5. The van der Waals surface area contributed by atoms with Crippen LogP contribution in [0.1, 0.15) is 16.7 Å². The van der Waals surface area contributed by atoms with Gasteiger partial charge in [0, 0.05) is 0 Å². The smallest absolute Gasteiger partial charge is 0.370 e. The van der Waals surface area contributed by atoms with Crippen molar-refractivity contribution in [2.24, 2.45) is 21.2 Å². The third kappa shape index (κ3) is 8.00. The van der Waals surface area contributed by atoms with Crippen LogP contribution in [-0.2, 0) is 33.4 Å². The van der Waals surface area contributed by atoms with E-state index < -0.39 is 7.75 Å². The molecule has 166 valence electrons. The van der Waals surface area contributed by atoms with Crippen LogP contribution in [0.3, 0.4) is 0 Å². The van der Waals surface area contributed by atoms with Crippen molar-refractivity contribution in [3.63, 3.8) is 0 Å². The van der Waals surface area contributed by atoms with Gasteiger partial charge in [-0.3, -0.25) is 14.4 Å². The first-order chi connectivity index (χ1) is 15.5. The molecule has 0 fully saturated rings. The Morgan fingerprint density at radius 2 is 1.16 bits per heavy atom. The minimum Gasteiger partial charge on any atom is -0.370 e. The van der Waals surface area contributed by atoms with Crippen LogP contribution in [-0.4, -0.2) is 11.9 Å². The van der Waals surface area contributed by atoms with E-state index in [1.54, 1.807) is 0 Å². The highest BCUT2D eigenvalue weighted by Crippen LogP contribution is 2.51. The van der Waals surface area contributed by atoms with Crippen molar-refractivity contribution in [1.29, 1.82) is 0 Å². The average molecular weight is 451 g/mol. The molecule has 0 bridgehead atoms. The Hall–Kier alpha value is -3.45. The molecule has 0 aliphatic rings. The summed E-state index contributed by atoms with van der Waals surface area (Å²) < 4.78 is 28.4. The van der Waals surface area contributed by atoms with Crippen molar-refractivity contribution in [2.45, 2.75) is 19.8 Å². The molecular weight excluding hydrogens is 425 g/mol. The first-order valence-corrected chi connectivity index (χ1v) is 11.5. The second-order valence-corrected chi connectivity index (χ2v) is 8.44. The van der Waals surface area contributed by atoms with E-state index in [-0.39, 0.29) is 25.1 Å². The van der Waals surface area contributed by atoms with Gasteiger partial charge in [0.05, 0.1) is 19.8 Å². The molecule has 32 heavy (non-hydrogen) atoms. The number of hydrogen-bond donors (Lipinski definition) is 3. The summed E-state index contributed by atoms with van der Waals surface area (Å²) in [5.41, 5.74) is 14.4. The number of guanidine groups is 2. The van der Waals surface area contributed by atoms with Crippen molar-refractivity contribution < 1.29 is 13.6 Å². The van der Waals surface area contributed by atoms with E-state index in [0.29, 0.717) is 6.54 Å². The van der Waals surface area contributed by atoms with Gasteiger partial charge in [0.15, 0.2) is 5.96 Å². The number of nitrogens with zero attached hydrogens (tertiary/aromatic N) is 2. The number of aliphatic imine (C=N–C) groups is 1. The van der Waals surface area contributed by atoms with Crippen LogP contribution < -0.4 is 16.8 Å². The van der Waals surface area contributed by atoms with Crippen LogP contribution in [0.2, 0.25) is 0 Å². The SMILES string of the molecule is NC(=NCc1ccccc1)NC(N)=NP(=O)(OCc1ccccc1)OCc1ccccc1. The van der Waals surface area contributed by atoms with E-state index in [4.69, 9.17) is 20.5 Å². The lowest BCUT2D eigenvalue weighted by molar-refractivity contribution is 0.192. The molecule has 0 spiro atoms. The zero-order chi connectivity index (χ0) is 22.7. The van der Waals surface area contributed by atoms with Gasteiger partial charge < -0.3 is 11.5 Å². The van der Waals surface area contributed by atoms with E-state index in [0.717, 1.165) is 16.7 Å². The van der Waals surface area contributed by atoms with Gasteiger partial charge in [0.2, 0.25) is 5.96 Å². The van der Waals surface area contributed by atoms with Crippen LogP contribution in [0, 0.1) is 0 Å². The van der Waals surface area contributed by atoms with Crippen molar-refractivity contribution in [3.8, 4) is 0 Å². The lowest BCUT2D eigenvalue weighted by Crippen LogP contribution is -2.41. The number of benzene rings is 3.